The van der Waals surface area contributed by atoms with E-state index in [1.54, 1.807) is 0 Å². The number of nitrogens with zero attached hydrogens (tertiary/aromatic N) is 3. The molecule has 1 aliphatic carbocycles. The number of benzene rings is 8. The molecule has 0 N–H and O–H groups in total. The first-order valence-electron chi connectivity index (χ1n) is 24.4. The van der Waals surface area contributed by atoms with Crippen molar-refractivity contribution >= 4 is 75.7 Å². The van der Waals surface area contributed by atoms with Crippen molar-refractivity contribution < 1.29 is 9.47 Å². The number of aromatic nitrogens is 1. The molecule has 0 bridgehead atoms. The van der Waals surface area contributed by atoms with E-state index in [1.165, 1.54) is 0 Å². The predicted molar refractivity (Wildman–Crippen MR) is 299 cm³/mol. The number of para-hydroxylation sites is 6. The van der Waals surface area contributed by atoms with Gasteiger partial charge in [-0.3, -0.25) is 9.59 Å². The summed E-state index contributed by atoms with van der Waals surface area (Å²) in [7, 11) is -3.88. The van der Waals surface area contributed by atoms with Crippen molar-refractivity contribution in [2.45, 2.75) is 34.5 Å². The molecule has 0 amide bonds. The van der Waals surface area contributed by atoms with E-state index in [4.69, 9.17) is 16.1 Å². The van der Waals surface area contributed by atoms with Crippen molar-refractivity contribution in [1.29, 1.82) is 0 Å². The molecule has 13 rings (SSSR count). The standard InChI is InChI=1S/C64H49N3O4S/c1-4-5-8-21-42(2)72(3,45-22-9-6-10-23-45,46-24-11-7-12-25-46)47-40-50-62-51(41-47)64(69)49-39-44(66-56-28-15-19-32-60(56)71-61-33-20-16-29-57(61)66)35-37-53(49)67(62)52-36-34-43(38-48(52)63(50)68)65-54-26-13-17-30-58(54)70-59-31-18-14-27-55(59)65/h4-19,21-32,34-41,72H,2,20,33H2,1,3H3/b5-4-,21-8-. The highest BCUT2D eigenvalue weighted by atomic mass is 32.3. The second-order valence-electron chi connectivity index (χ2n) is 18.9. The van der Waals surface area contributed by atoms with Gasteiger partial charge in [-0.05, 0) is 130 Å². The lowest BCUT2D eigenvalue weighted by molar-refractivity contribution is 0.388. The summed E-state index contributed by atoms with van der Waals surface area (Å²) >= 11 is 0. The number of thiol groups is 1. The van der Waals surface area contributed by atoms with Gasteiger partial charge < -0.3 is 23.7 Å². The van der Waals surface area contributed by atoms with Crippen molar-refractivity contribution in [2.75, 3.05) is 16.1 Å². The van der Waals surface area contributed by atoms with Gasteiger partial charge >= 0.3 is 0 Å². The lowest BCUT2D eigenvalue weighted by Crippen LogP contribution is -2.25. The first-order chi connectivity index (χ1) is 35.3. The Balaban J connectivity index is 1.17. The summed E-state index contributed by atoms with van der Waals surface area (Å²) in [5, 5.41) is 1.95. The molecule has 3 aliphatic rings. The van der Waals surface area contributed by atoms with Gasteiger partial charge in [0.2, 0.25) is 0 Å². The van der Waals surface area contributed by atoms with Crippen molar-refractivity contribution in [3.63, 3.8) is 0 Å². The van der Waals surface area contributed by atoms with Gasteiger partial charge in [0.25, 0.3) is 0 Å². The van der Waals surface area contributed by atoms with Crippen LogP contribution in [0.25, 0.3) is 38.1 Å². The number of hydrogen-bond acceptors (Lipinski definition) is 6. The number of rotatable bonds is 8. The molecule has 7 nitrogen and oxygen atoms in total. The van der Waals surface area contributed by atoms with Crippen LogP contribution >= 0.6 is 9.16 Å². The first kappa shape index (κ1) is 43.2. The molecule has 0 saturated carbocycles. The van der Waals surface area contributed by atoms with Crippen LogP contribution in [0.5, 0.6) is 17.2 Å². The zero-order valence-corrected chi connectivity index (χ0v) is 40.7. The maximum Gasteiger partial charge on any atom is 0.197 e. The fourth-order valence-electron chi connectivity index (χ4n) is 11.5. The Labute approximate surface area is 417 Å². The van der Waals surface area contributed by atoms with Crippen LogP contribution < -0.4 is 30.1 Å². The minimum Gasteiger partial charge on any atom is -0.457 e. The van der Waals surface area contributed by atoms with Gasteiger partial charge in [0.15, 0.2) is 28.1 Å². The number of hydrogen-bond donors (Lipinski definition) is 1. The van der Waals surface area contributed by atoms with Crippen LogP contribution in [0.4, 0.5) is 28.4 Å². The summed E-state index contributed by atoms with van der Waals surface area (Å²) < 4.78 is 15.1. The highest BCUT2D eigenvalue weighted by Gasteiger charge is 2.45. The molecule has 0 radical (unpaired) electrons. The largest absolute Gasteiger partial charge is 0.457 e. The quantitative estimate of drug-likeness (QED) is 0.0709. The topological polar surface area (TPSA) is 63.5 Å². The van der Waals surface area contributed by atoms with E-state index in [1.807, 2.05) is 128 Å². The molecular formula is C64H49N3O4S. The van der Waals surface area contributed by atoms with Crippen molar-refractivity contribution in [2.24, 2.45) is 0 Å². The van der Waals surface area contributed by atoms with E-state index in [-0.39, 0.29) is 10.9 Å². The normalized spacial score (nSPS) is 14.8. The molecule has 0 saturated heterocycles. The third-order valence-corrected chi connectivity index (χ3v) is 21.4. The minimum absolute atomic E-state index is 0.160. The summed E-state index contributed by atoms with van der Waals surface area (Å²) in [5.74, 6) is 3.09. The molecule has 8 aromatic carbocycles. The van der Waals surface area contributed by atoms with Crippen molar-refractivity contribution in [3.8, 4) is 17.2 Å². The smallest absolute Gasteiger partial charge is 0.197 e. The molecule has 2 aromatic heterocycles. The monoisotopic (exact) mass is 955 g/mol. The Morgan fingerprint density at radius 2 is 1.06 bits per heavy atom. The third-order valence-electron chi connectivity index (χ3n) is 15.1. The maximum absolute atomic E-state index is 16.0. The lowest BCUT2D eigenvalue weighted by atomic mass is 10.0. The number of pyridine rings is 2. The SMILES string of the molecule is C=C(/C=C\C=C/C)[SH](C)(c1ccccc1)(c1ccccc1)c1cc2c(=O)c3cc(N4C5=C(CCC=C5)Oc5ccccc54)ccc3n3c4ccc(N5c6ccccc6Oc6ccccc65)cc4c(=O)c(c1)c23. The Kier molecular flexibility index (Phi) is 9.82. The highest BCUT2D eigenvalue weighted by Crippen LogP contribution is 2.87. The Morgan fingerprint density at radius 3 is 1.61 bits per heavy atom. The van der Waals surface area contributed by atoms with Crippen LogP contribution in [-0.2, 0) is 0 Å². The van der Waals surface area contributed by atoms with Crippen LogP contribution in [-0.4, -0.2) is 10.7 Å². The van der Waals surface area contributed by atoms with E-state index < -0.39 is 9.16 Å². The van der Waals surface area contributed by atoms with Gasteiger partial charge in [0, 0.05) is 39.3 Å². The lowest BCUT2D eigenvalue weighted by Gasteiger charge is -2.61. The summed E-state index contributed by atoms with van der Waals surface area (Å²) in [6.07, 6.45) is 16.4. The molecule has 2 aliphatic heterocycles. The Morgan fingerprint density at radius 1 is 0.556 bits per heavy atom. The van der Waals surface area contributed by atoms with Crippen LogP contribution in [0.3, 0.4) is 0 Å². The summed E-state index contributed by atoms with van der Waals surface area (Å²) in [5.41, 5.74) is 6.83. The molecule has 0 atom stereocenters. The van der Waals surface area contributed by atoms with Crippen LogP contribution in [0.2, 0.25) is 0 Å². The minimum atomic E-state index is -3.88. The molecule has 0 spiro atoms. The molecule has 0 fully saturated rings. The number of fused-ring (bicyclic) bond motifs is 7. The average Bonchev–Trinajstić information content (AvgIpc) is 3.43. The van der Waals surface area contributed by atoms with E-state index in [0.29, 0.717) is 49.6 Å². The fourth-order valence-corrected chi connectivity index (χ4v) is 16.6. The zero-order chi connectivity index (χ0) is 48.7. The van der Waals surface area contributed by atoms with Crippen LogP contribution in [0.15, 0.2) is 266 Å². The zero-order valence-electron chi connectivity index (χ0n) is 39.8. The van der Waals surface area contributed by atoms with Crippen molar-refractivity contribution in [1.82, 2.24) is 4.40 Å². The summed E-state index contributed by atoms with van der Waals surface area (Å²) in [6.45, 7) is 6.93. The average molecular weight is 956 g/mol. The highest BCUT2D eigenvalue weighted by molar-refractivity contribution is 8.52. The number of ether oxygens (including phenoxy) is 2. The van der Waals surface area contributed by atoms with Gasteiger partial charge in [-0.25, -0.2) is 9.16 Å². The molecular weight excluding hydrogens is 907 g/mol. The van der Waals surface area contributed by atoms with Gasteiger partial charge in [-0.15, -0.1) is 0 Å². The van der Waals surface area contributed by atoms with E-state index in [9.17, 15) is 0 Å². The van der Waals surface area contributed by atoms with Gasteiger partial charge in [0.05, 0.1) is 39.3 Å². The van der Waals surface area contributed by atoms with Gasteiger partial charge in [0.1, 0.15) is 5.76 Å². The number of allylic oxidation sites excluding steroid dienone is 7. The van der Waals surface area contributed by atoms with Gasteiger partial charge in [-0.1, -0.05) is 134 Å². The molecule has 10 aromatic rings. The second kappa shape index (κ2) is 16.4. The molecule has 4 heterocycles. The Bertz CT molecular complexity index is 4090. The molecule has 72 heavy (non-hydrogen) atoms. The maximum atomic E-state index is 16.0. The van der Waals surface area contributed by atoms with E-state index in [0.717, 1.165) is 78.1 Å². The van der Waals surface area contributed by atoms with Crippen LogP contribution in [0, 0.1) is 0 Å². The fraction of sp³-hybridized carbons (Fsp3) is 0.0625. The third kappa shape index (κ3) is 6.12. The Hall–Kier alpha value is -8.85. The molecule has 0 unspecified atom stereocenters. The summed E-state index contributed by atoms with van der Waals surface area (Å²) in [4.78, 5) is 40.2. The predicted octanol–water partition coefficient (Wildman–Crippen LogP) is 16.1. The van der Waals surface area contributed by atoms with Crippen LogP contribution in [0.1, 0.15) is 19.8 Å². The second-order valence-corrected chi connectivity index (χ2v) is 24.2. The summed E-state index contributed by atoms with van der Waals surface area (Å²) in [6, 6.07) is 61.4. The van der Waals surface area contributed by atoms with E-state index >= 15 is 9.59 Å². The molecule has 350 valence electrons. The van der Waals surface area contributed by atoms with Crippen molar-refractivity contribution in [3.05, 3.63) is 262 Å². The number of anilines is 5. The molecule has 8 heteroatoms. The van der Waals surface area contributed by atoms with Gasteiger partial charge in [-0.2, -0.15) is 0 Å². The first-order valence-corrected chi connectivity index (χ1v) is 27.0. The van der Waals surface area contributed by atoms with E-state index in [2.05, 4.69) is 118 Å².